The highest BCUT2D eigenvalue weighted by Crippen LogP contribution is 2.19. The number of hydrogen-bond acceptors (Lipinski definition) is 8. The molecule has 1 aromatic heterocycles. The van der Waals surface area contributed by atoms with Gasteiger partial charge in [-0.1, -0.05) is 12.1 Å². The number of anilines is 2. The molecule has 0 spiro atoms. The van der Waals surface area contributed by atoms with Gasteiger partial charge in [-0.3, -0.25) is 19.5 Å². The molecule has 1 aromatic carbocycles. The molecule has 10 nitrogen and oxygen atoms in total. The Morgan fingerprint density at radius 3 is 2.91 bits per heavy atom. The third-order valence-electron chi connectivity index (χ3n) is 5.78. The Labute approximate surface area is 205 Å². The normalized spacial score (nSPS) is 20.6. The highest BCUT2D eigenvalue weighted by atomic mass is 16.8. The maximum Gasteiger partial charge on any atom is 0.267 e. The zero-order valence-electron chi connectivity index (χ0n) is 19.9. The van der Waals surface area contributed by atoms with Gasteiger partial charge in [0.25, 0.3) is 5.91 Å². The van der Waals surface area contributed by atoms with Gasteiger partial charge in [-0.2, -0.15) is 0 Å². The van der Waals surface area contributed by atoms with Crippen LogP contribution >= 0.6 is 0 Å². The number of carbonyl (C=O) groups is 2. The largest absolute Gasteiger partial charge is 0.365 e. The molecular weight excluding hydrogens is 448 g/mol. The van der Waals surface area contributed by atoms with Gasteiger partial charge < -0.3 is 15.4 Å². The van der Waals surface area contributed by atoms with E-state index in [0.717, 1.165) is 56.6 Å². The molecule has 0 aliphatic carbocycles. The van der Waals surface area contributed by atoms with Crippen LogP contribution < -0.4 is 16.1 Å². The fraction of sp³-hybridized carbons (Fsp3) is 0.440. The second-order valence-corrected chi connectivity index (χ2v) is 8.79. The molecule has 4 rings (SSSR count). The van der Waals surface area contributed by atoms with Crippen LogP contribution in [0.2, 0.25) is 0 Å². The molecule has 0 bridgehead atoms. The lowest BCUT2D eigenvalue weighted by Crippen LogP contribution is -2.32. The van der Waals surface area contributed by atoms with E-state index < -0.39 is 0 Å². The molecule has 3 N–H and O–H groups in total. The molecule has 2 atom stereocenters. The standard InChI is InChI=1S/C25H32N6O4/c1-18(32)28-20-6-4-5-19(13-20)16-31-11-10-22(17-31)29-23-15-26-21(14-27-23)8-9-24(33)30-35-25-7-2-3-12-34-25/h4-6,8-9,13-15,22,25H,2-3,7,10-12,16-17H2,1H3,(H,27,29)(H,28,32)(H,30,33)/b9-8+/t22-,25?/m1/s1. The Morgan fingerprint density at radius 2 is 2.14 bits per heavy atom. The van der Waals surface area contributed by atoms with E-state index in [9.17, 15) is 9.59 Å². The summed E-state index contributed by atoms with van der Waals surface area (Å²) in [6.45, 7) is 4.84. The first-order chi connectivity index (χ1) is 17.0. The number of carbonyl (C=O) groups excluding carboxylic acids is 2. The number of hydroxylamine groups is 1. The van der Waals surface area contributed by atoms with Crippen molar-refractivity contribution in [3.05, 3.63) is 54.0 Å². The van der Waals surface area contributed by atoms with Crippen LogP contribution in [0.4, 0.5) is 11.5 Å². The summed E-state index contributed by atoms with van der Waals surface area (Å²) in [6.07, 6.45) is 9.67. The molecule has 2 saturated heterocycles. The van der Waals surface area contributed by atoms with Crippen molar-refractivity contribution in [1.29, 1.82) is 0 Å². The minimum absolute atomic E-state index is 0.0720. The van der Waals surface area contributed by atoms with Crippen molar-refractivity contribution >= 4 is 29.4 Å². The molecule has 186 valence electrons. The molecule has 2 amide bonds. The first kappa shape index (κ1) is 24.8. The molecular formula is C25H32N6O4. The van der Waals surface area contributed by atoms with Crippen molar-refractivity contribution in [3.8, 4) is 0 Å². The lowest BCUT2D eigenvalue weighted by Gasteiger charge is -2.21. The van der Waals surface area contributed by atoms with Crippen LogP contribution in [0, 0.1) is 0 Å². The zero-order chi connectivity index (χ0) is 24.5. The van der Waals surface area contributed by atoms with Crippen LogP contribution in [-0.2, 0) is 25.7 Å². The van der Waals surface area contributed by atoms with Crippen molar-refractivity contribution in [2.75, 3.05) is 30.3 Å². The maximum atomic E-state index is 11.9. The summed E-state index contributed by atoms with van der Waals surface area (Å²) in [6, 6.07) is 8.20. The number of rotatable bonds is 9. The lowest BCUT2D eigenvalue weighted by molar-refractivity contribution is -0.198. The van der Waals surface area contributed by atoms with E-state index >= 15 is 0 Å². The van der Waals surface area contributed by atoms with E-state index in [1.807, 2.05) is 18.2 Å². The number of benzene rings is 1. The number of likely N-dealkylation sites (tertiary alicyclic amines) is 1. The van der Waals surface area contributed by atoms with Crippen LogP contribution in [0.1, 0.15) is 43.9 Å². The van der Waals surface area contributed by atoms with Gasteiger partial charge in [-0.15, -0.1) is 0 Å². The van der Waals surface area contributed by atoms with E-state index in [0.29, 0.717) is 18.1 Å². The van der Waals surface area contributed by atoms with Crippen molar-refractivity contribution < 1.29 is 19.2 Å². The van der Waals surface area contributed by atoms with Crippen molar-refractivity contribution in [2.24, 2.45) is 0 Å². The summed E-state index contributed by atoms with van der Waals surface area (Å²) < 4.78 is 5.41. The van der Waals surface area contributed by atoms with Gasteiger partial charge in [0.05, 0.1) is 18.1 Å². The number of nitrogens with one attached hydrogen (secondary N) is 3. The molecule has 2 aliphatic heterocycles. The van der Waals surface area contributed by atoms with Gasteiger partial charge in [-0.25, -0.2) is 15.3 Å². The SMILES string of the molecule is CC(=O)Nc1cccc(CN2CC[C@@H](Nc3cnc(/C=C/C(=O)NOC4CCCCO4)cn3)C2)c1. The monoisotopic (exact) mass is 480 g/mol. The van der Waals surface area contributed by atoms with Crippen LogP contribution in [-0.4, -0.2) is 58.7 Å². The van der Waals surface area contributed by atoms with E-state index in [-0.39, 0.29) is 24.1 Å². The number of ether oxygens (including phenoxy) is 1. The summed E-state index contributed by atoms with van der Waals surface area (Å²) in [4.78, 5) is 39.6. The van der Waals surface area contributed by atoms with Gasteiger partial charge in [-0.05, 0) is 43.0 Å². The predicted octanol–water partition coefficient (Wildman–Crippen LogP) is 2.71. The molecule has 2 aliphatic rings. The number of hydrogen-bond donors (Lipinski definition) is 3. The van der Waals surface area contributed by atoms with Gasteiger partial charge in [0, 0.05) is 57.4 Å². The molecule has 2 aromatic rings. The Kier molecular flexibility index (Phi) is 8.77. The lowest BCUT2D eigenvalue weighted by atomic mass is 10.2. The van der Waals surface area contributed by atoms with Gasteiger partial charge in [0.2, 0.25) is 5.91 Å². The fourth-order valence-corrected chi connectivity index (χ4v) is 4.13. The van der Waals surface area contributed by atoms with Crippen LogP contribution in [0.3, 0.4) is 0 Å². The number of nitrogens with zero attached hydrogens (tertiary/aromatic N) is 3. The zero-order valence-corrected chi connectivity index (χ0v) is 19.9. The highest BCUT2D eigenvalue weighted by Gasteiger charge is 2.22. The molecule has 35 heavy (non-hydrogen) atoms. The Bertz CT molecular complexity index is 1020. The Morgan fingerprint density at radius 1 is 1.23 bits per heavy atom. The average Bonchev–Trinajstić information content (AvgIpc) is 3.29. The quantitative estimate of drug-likeness (QED) is 0.370. The Balaban J connectivity index is 1.20. The smallest absolute Gasteiger partial charge is 0.267 e. The summed E-state index contributed by atoms with van der Waals surface area (Å²) in [5, 5.41) is 6.26. The topological polar surface area (TPSA) is 118 Å². The minimum Gasteiger partial charge on any atom is -0.365 e. The average molecular weight is 481 g/mol. The molecule has 2 fully saturated rings. The first-order valence-electron chi connectivity index (χ1n) is 12.0. The third kappa shape index (κ3) is 8.13. The fourth-order valence-electron chi connectivity index (χ4n) is 4.13. The van der Waals surface area contributed by atoms with Crippen molar-refractivity contribution in [1.82, 2.24) is 20.3 Å². The van der Waals surface area contributed by atoms with Crippen molar-refractivity contribution in [2.45, 2.75) is 51.5 Å². The number of amides is 2. The van der Waals surface area contributed by atoms with Crippen LogP contribution in [0.5, 0.6) is 0 Å². The van der Waals surface area contributed by atoms with Crippen LogP contribution in [0.15, 0.2) is 42.7 Å². The minimum atomic E-state index is -0.383. The summed E-state index contributed by atoms with van der Waals surface area (Å²) in [5.41, 5.74) is 4.93. The van der Waals surface area contributed by atoms with E-state index in [4.69, 9.17) is 9.57 Å². The number of aromatic nitrogens is 2. The summed E-state index contributed by atoms with van der Waals surface area (Å²) in [7, 11) is 0. The second kappa shape index (κ2) is 12.4. The molecule has 0 radical (unpaired) electrons. The van der Waals surface area contributed by atoms with E-state index in [2.05, 4.69) is 37.0 Å². The maximum absolute atomic E-state index is 11.9. The van der Waals surface area contributed by atoms with E-state index in [1.165, 1.54) is 13.0 Å². The molecule has 0 saturated carbocycles. The second-order valence-electron chi connectivity index (χ2n) is 8.79. The highest BCUT2D eigenvalue weighted by molar-refractivity contribution is 5.90. The van der Waals surface area contributed by atoms with Gasteiger partial charge >= 0.3 is 0 Å². The van der Waals surface area contributed by atoms with Gasteiger partial charge in [0.1, 0.15) is 5.82 Å². The first-order valence-corrected chi connectivity index (χ1v) is 12.0. The molecule has 10 heteroatoms. The van der Waals surface area contributed by atoms with E-state index in [1.54, 1.807) is 18.5 Å². The molecule has 3 heterocycles. The van der Waals surface area contributed by atoms with Crippen LogP contribution in [0.25, 0.3) is 6.08 Å². The molecule has 1 unspecified atom stereocenters. The third-order valence-corrected chi connectivity index (χ3v) is 5.78. The van der Waals surface area contributed by atoms with Gasteiger partial charge in [0.15, 0.2) is 6.29 Å². The summed E-state index contributed by atoms with van der Waals surface area (Å²) in [5.74, 6) is 0.248. The predicted molar refractivity (Wildman–Crippen MR) is 132 cm³/mol. The van der Waals surface area contributed by atoms with Crippen molar-refractivity contribution in [3.63, 3.8) is 0 Å². The summed E-state index contributed by atoms with van der Waals surface area (Å²) >= 11 is 0. The Hall–Kier alpha value is -3.34.